The van der Waals surface area contributed by atoms with Gasteiger partial charge in [-0.2, -0.15) is 0 Å². The molecule has 674 valence electrons. The number of aromatic amines is 2. The Labute approximate surface area is 721 Å². The third kappa shape index (κ3) is 42.4. The van der Waals surface area contributed by atoms with E-state index < -0.39 is 47.8 Å². The van der Waals surface area contributed by atoms with E-state index in [0.29, 0.717) is 118 Å². The van der Waals surface area contributed by atoms with Gasteiger partial charge in [-0.3, -0.25) is 38.4 Å². The lowest BCUT2D eigenvalue weighted by molar-refractivity contribution is -0.144. The fourth-order valence-corrected chi connectivity index (χ4v) is 15.6. The van der Waals surface area contributed by atoms with E-state index in [1.165, 1.54) is 0 Å². The Morgan fingerprint density at radius 2 is 0.350 bits per heavy atom. The summed E-state index contributed by atoms with van der Waals surface area (Å²) in [6.07, 6.45) is 43.5. The van der Waals surface area contributed by atoms with Gasteiger partial charge in [-0.1, -0.05) is 312 Å². The minimum absolute atomic E-state index is 0.158. The van der Waals surface area contributed by atoms with Crippen molar-refractivity contribution in [2.75, 3.05) is 52.9 Å². The maximum atomic E-state index is 14.8. The van der Waals surface area contributed by atoms with E-state index in [-0.39, 0.29) is 127 Å². The van der Waals surface area contributed by atoms with Crippen molar-refractivity contribution >= 4 is 92.1 Å². The van der Waals surface area contributed by atoms with Crippen LogP contribution in [0.5, 0.6) is 0 Å². The number of unbranched alkanes of at least 4 members (excludes halogenated alkanes) is 40. The maximum absolute atomic E-state index is 14.8. The third-order valence-corrected chi connectivity index (χ3v) is 22.8. The number of hydrogen-bond donors (Lipinski definition) is 2. The molecule has 0 unspecified atom stereocenters. The Kier molecular flexibility index (Phi) is 55.8. The average molecular weight is 1670 g/mol. The molecule has 0 aliphatic carbocycles. The van der Waals surface area contributed by atoms with Crippen LogP contribution >= 0.6 is 0 Å². The molecule has 0 spiro atoms. The zero-order valence-electron chi connectivity index (χ0n) is 76.0. The van der Waals surface area contributed by atoms with Crippen molar-refractivity contribution in [1.82, 2.24) is 19.9 Å². The number of fused-ring (bicyclic) bond motifs is 8. The largest absolute Gasteiger partial charge is 0.465 e. The maximum Gasteiger partial charge on any atom is 0.310 e. The highest BCUT2D eigenvalue weighted by Gasteiger charge is 2.32. The van der Waals surface area contributed by atoms with Crippen LogP contribution in [-0.2, 0) is 102 Å². The highest BCUT2D eigenvalue weighted by atomic mass is 16.6. The molecule has 0 fully saturated rings. The summed E-state index contributed by atoms with van der Waals surface area (Å²) >= 11 is 0. The Balaban J connectivity index is 2.03. The summed E-state index contributed by atoms with van der Waals surface area (Å²) in [7, 11) is 0. The molecule has 5 rings (SSSR count). The van der Waals surface area contributed by atoms with Crippen molar-refractivity contribution in [3.8, 4) is 0 Å². The van der Waals surface area contributed by atoms with Crippen molar-refractivity contribution in [2.24, 2.45) is 0 Å². The second kappa shape index (κ2) is 65.1. The highest BCUT2D eigenvalue weighted by Crippen LogP contribution is 2.41. The highest BCUT2D eigenvalue weighted by molar-refractivity contribution is 6.07. The van der Waals surface area contributed by atoms with Crippen molar-refractivity contribution in [3.05, 3.63) is 69.3 Å². The summed E-state index contributed by atoms with van der Waals surface area (Å²) in [5.74, 6) is -4.51. The normalized spacial score (nSPS) is 12.0. The molecule has 5 heterocycles. The van der Waals surface area contributed by atoms with Crippen molar-refractivity contribution < 1.29 is 76.3 Å². The van der Waals surface area contributed by atoms with Crippen molar-refractivity contribution in [1.29, 1.82) is 0 Å². The molecule has 0 amide bonds. The summed E-state index contributed by atoms with van der Waals surface area (Å²) in [6, 6.07) is 6.88. The molecule has 3 aromatic rings. The summed E-state index contributed by atoms with van der Waals surface area (Å²) in [4.78, 5) is 137. The van der Waals surface area contributed by atoms with Crippen LogP contribution in [0.25, 0.3) is 44.4 Å². The first-order valence-corrected chi connectivity index (χ1v) is 48.1. The SMILES string of the molecule is CCCCCCCCOC(=O)CC1=C(CC(=O)OCCCCCCCC)c2cc3[nH]c(cc4[nH]c(cc5nc(cc1n2)C(CC(=O)OCCCCCCCC)=C5CC(=O)OCCCCCCCC)c(CC(=O)OCCCCCCCC)c4CC(=O)OCCCCCCCC)c(CC(=O)OCCCCCCCC)c3CC(=O)OCCCCCCCC. The Morgan fingerprint density at radius 1 is 0.200 bits per heavy atom. The molecule has 0 radical (unpaired) electrons. The molecule has 120 heavy (non-hydrogen) atoms. The van der Waals surface area contributed by atoms with E-state index in [0.717, 1.165) is 257 Å². The van der Waals surface area contributed by atoms with E-state index in [1.807, 2.05) is 0 Å². The second-order valence-electron chi connectivity index (χ2n) is 33.4. The number of rotatable bonds is 72. The average Bonchev–Trinajstić information content (AvgIpc) is 1.61. The zero-order chi connectivity index (χ0) is 86.4. The molecule has 0 aromatic carbocycles. The minimum atomic E-state index is -0.573. The van der Waals surface area contributed by atoms with Crippen LogP contribution in [0.15, 0.2) is 24.3 Å². The Hall–Kier alpha value is -7.64. The molecule has 20 heteroatoms. The Morgan fingerprint density at radius 3 is 0.533 bits per heavy atom. The first-order chi connectivity index (χ1) is 58.6. The van der Waals surface area contributed by atoms with Crippen LogP contribution in [0.4, 0.5) is 0 Å². The van der Waals surface area contributed by atoms with Crippen molar-refractivity contribution in [2.45, 2.75) is 415 Å². The number of hydrogen-bond acceptors (Lipinski definition) is 18. The minimum Gasteiger partial charge on any atom is -0.465 e. The third-order valence-electron chi connectivity index (χ3n) is 22.8. The van der Waals surface area contributed by atoms with Gasteiger partial charge in [0.2, 0.25) is 0 Å². The number of ether oxygens (including phenoxy) is 8. The fraction of sp³-hybridized carbons (Fsp3) is 0.720. The van der Waals surface area contributed by atoms with Crippen LogP contribution in [-0.4, -0.2) is 121 Å². The van der Waals surface area contributed by atoms with E-state index in [1.54, 1.807) is 24.3 Å². The molecule has 3 aromatic heterocycles. The lowest BCUT2D eigenvalue weighted by atomic mass is 9.96. The van der Waals surface area contributed by atoms with Gasteiger partial charge in [0.15, 0.2) is 0 Å². The number of nitrogens with one attached hydrogen (secondary N) is 2. The lowest BCUT2D eigenvalue weighted by Gasteiger charge is -2.11. The molecular formula is C100H158N4O16. The van der Waals surface area contributed by atoms with Crippen LogP contribution < -0.4 is 0 Å². The molecule has 0 saturated heterocycles. The molecule has 0 saturated carbocycles. The van der Waals surface area contributed by atoms with Gasteiger partial charge >= 0.3 is 47.8 Å². The zero-order valence-corrected chi connectivity index (χ0v) is 76.0. The monoisotopic (exact) mass is 1670 g/mol. The molecule has 2 aliphatic rings. The van der Waals surface area contributed by atoms with Gasteiger partial charge in [-0.25, -0.2) is 9.97 Å². The number of nitrogens with zero attached hydrogens (tertiary/aromatic N) is 2. The Bertz CT molecular complexity index is 3480. The van der Waals surface area contributed by atoms with Gasteiger partial charge < -0.3 is 47.9 Å². The van der Waals surface area contributed by atoms with E-state index in [9.17, 15) is 38.4 Å². The van der Waals surface area contributed by atoms with Gasteiger partial charge in [-0.05, 0) is 120 Å². The van der Waals surface area contributed by atoms with Gasteiger partial charge in [-0.15, -0.1) is 0 Å². The number of carbonyl (C=O) groups is 8. The van der Waals surface area contributed by atoms with Crippen molar-refractivity contribution in [3.63, 3.8) is 0 Å². The van der Waals surface area contributed by atoms with Crippen LogP contribution in [0.2, 0.25) is 0 Å². The topological polar surface area (TPSA) is 268 Å². The molecule has 2 aliphatic heterocycles. The van der Waals surface area contributed by atoms with Crippen LogP contribution in [0.3, 0.4) is 0 Å². The molecule has 0 atom stereocenters. The summed E-state index contributed by atoms with van der Waals surface area (Å²) in [5, 5.41) is 0. The smallest absolute Gasteiger partial charge is 0.310 e. The molecule has 20 nitrogen and oxygen atoms in total. The molecule has 8 bridgehead atoms. The predicted molar refractivity (Wildman–Crippen MR) is 483 cm³/mol. The molecular weight excluding hydrogens is 1510 g/mol. The number of carbonyl (C=O) groups excluding carboxylic acids is 8. The summed E-state index contributed by atoms with van der Waals surface area (Å²) in [5.41, 5.74) is 4.88. The number of aromatic nitrogens is 4. The second-order valence-corrected chi connectivity index (χ2v) is 33.4. The predicted octanol–water partition coefficient (Wildman–Crippen LogP) is 25.1. The summed E-state index contributed by atoms with van der Waals surface area (Å²) in [6.45, 7) is 18.6. The van der Waals surface area contributed by atoms with Gasteiger partial charge in [0.25, 0.3) is 0 Å². The summed E-state index contributed by atoms with van der Waals surface area (Å²) < 4.78 is 48.9. The lowest BCUT2D eigenvalue weighted by Crippen LogP contribution is -2.13. The van der Waals surface area contributed by atoms with E-state index in [4.69, 9.17) is 47.9 Å². The first-order valence-electron chi connectivity index (χ1n) is 48.1. The quantitative estimate of drug-likeness (QED) is 0.0302. The van der Waals surface area contributed by atoms with E-state index >= 15 is 0 Å². The number of esters is 8. The standard InChI is InChI=1S/C100H158N4O16/c1-9-17-25-33-41-49-57-113-93(105)65-77-78(66-94(106)114-58-50-42-34-26-18-10-2)86-74-88-81(69-97(109)117-61-53-45-37-29-21-13-5)82(70-98(110)118-62-54-46-38-30-22-14-6)90(103-88)76-92-84(72-100(112)120-64-56-48-40-32-24-16-8)83(71-99(111)119-63-55-47-39-31-23-15-7)91(104-92)75-89-80(68-96(108)116-60-52-44-36-28-20-12-4)79(87(102-89)73-85(77)101-86)67-95(107)115-59-51-43-35-27-19-11-3/h73-76,101-102H,9-72H2,1-8H3. The van der Waals surface area contributed by atoms with Gasteiger partial charge in [0.1, 0.15) is 0 Å². The van der Waals surface area contributed by atoms with Crippen LogP contribution in [0, 0.1) is 0 Å². The number of H-pyrrole nitrogens is 2. The van der Waals surface area contributed by atoms with Crippen LogP contribution in [0.1, 0.15) is 434 Å². The first kappa shape index (κ1) is 103. The molecule has 2 N–H and O–H groups in total. The van der Waals surface area contributed by atoms with Gasteiger partial charge in [0.05, 0.1) is 127 Å². The van der Waals surface area contributed by atoms with E-state index in [2.05, 4.69) is 65.4 Å². The van der Waals surface area contributed by atoms with Gasteiger partial charge in [0, 0.05) is 22.1 Å². The fourth-order valence-electron chi connectivity index (χ4n) is 15.6.